The summed E-state index contributed by atoms with van der Waals surface area (Å²) in [5.74, 6) is -1.60. The van der Waals surface area contributed by atoms with Gasteiger partial charge >= 0.3 is 11.9 Å². The molecule has 0 spiro atoms. The van der Waals surface area contributed by atoms with Crippen LogP contribution in [0.25, 0.3) is 20.5 Å². The summed E-state index contributed by atoms with van der Waals surface area (Å²) in [5.41, 5.74) is 3.64. The lowest BCUT2D eigenvalue weighted by Crippen LogP contribution is -2.30. The molecule has 2 aromatic carbocycles. The first-order valence-corrected chi connectivity index (χ1v) is 14.5. The Morgan fingerprint density at radius 3 is 2.59 bits per heavy atom. The highest BCUT2D eigenvalue weighted by Gasteiger charge is 2.42. The molecular weight excluding hydrogens is 510 g/mol. The summed E-state index contributed by atoms with van der Waals surface area (Å²) in [7, 11) is 0. The Morgan fingerprint density at radius 2 is 1.79 bits per heavy atom. The molecule has 3 heterocycles. The fourth-order valence-electron chi connectivity index (χ4n) is 5.34. The van der Waals surface area contributed by atoms with E-state index in [1.165, 1.54) is 30.6 Å². The van der Waals surface area contributed by atoms with Crippen LogP contribution in [-0.4, -0.2) is 25.2 Å². The molecule has 1 unspecified atom stereocenters. The molecule has 0 radical (unpaired) electrons. The number of carbonyl (C=O) groups is 2. The van der Waals surface area contributed by atoms with Crippen LogP contribution in [-0.2, 0) is 19.1 Å². The third kappa shape index (κ3) is 5.55. The van der Waals surface area contributed by atoms with E-state index in [1.807, 2.05) is 49.4 Å². The van der Waals surface area contributed by atoms with Crippen LogP contribution in [0.4, 0.5) is 0 Å². The zero-order chi connectivity index (χ0) is 27.4. The van der Waals surface area contributed by atoms with Gasteiger partial charge in [0, 0.05) is 26.7 Å². The van der Waals surface area contributed by atoms with E-state index in [0.29, 0.717) is 34.5 Å². The largest absolute Gasteiger partial charge is 0.462 e. The molecule has 0 fully saturated rings. The van der Waals surface area contributed by atoms with Crippen molar-refractivity contribution in [3.05, 3.63) is 92.9 Å². The minimum Gasteiger partial charge on any atom is -0.462 e. The van der Waals surface area contributed by atoms with Crippen molar-refractivity contribution < 1.29 is 19.1 Å². The van der Waals surface area contributed by atoms with E-state index in [1.54, 1.807) is 12.1 Å². The van der Waals surface area contributed by atoms with Crippen LogP contribution in [0, 0.1) is 0 Å². The molecule has 0 bridgehead atoms. The van der Waals surface area contributed by atoms with Crippen molar-refractivity contribution >= 4 is 33.4 Å². The van der Waals surface area contributed by atoms with E-state index in [0.717, 1.165) is 40.0 Å². The molecule has 1 N–H and O–H groups in total. The van der Waals surface area contributed by atoms with Crippen LogP contribution in [0.1, 0.15) is 63.9 Å². The molecule has 1 atom stereocenters. The van der Waals surface area contributed by atoms with Crippen LogP contribution in [0.15, 0.2) is 81.9 Å². The minimum atomic E-state index is -0.696. The molecule has 6 nitrogen and oxygen atoms in total. The lowest BCUT2D eigenvalue weighted by Gasteiger charge is -2.28. The van der Waals surface area contributed by atoms with Crippen molar-refractivity contribution in [3.8, 4) is 10.4 Å². The van der Waals surface area contributed by atoms with Crippen molar-refractivity contribution in [3.63, 3.8) is 0 Å². The van der Waals surface area contributed by atoms with Gasteiger partial charge in [0.2, 0.25) is 0 Å². The maximum atomic E-state index is 13.6. The van der Waals surface area contributed by atoms with Gasteiger partial charge in [0.05, 0.1) is 29.4 Å². The Hall–Kier alpha value is -3.71. The Kier molecular flexibility index (Phi) is 8.27. The summed E-state index contributed by atoms with van der Waals surface area (Å²) < 4.78 is 11.9. The number of nitrogens with one attached hydrogen (secondary N) is 1. The molecule has 5 rings (SSSR count). The van der Waals surface area contributed by atoms with Gasteiger partial charge in [-0.1, -0.05) is 81.5 Å². The molecule has 1 aromatic heterocycles. The monoisotopic (exact) mass is 543 g/mol. The highest BCUT2D eigenvalue weighted by atomic mass is 32.1. The summed E-state index contributed by atoms with van der Waals surface area (Å²) in [6.07, 6.45) is 6.52. The number of benzene rings is 2. The van der Waals surface area contributed by atoms with E-state index in [-0.39, 0.29) is 12.0 Å². The first-order valence-electron chi connectivity index (χ1n) is 13.7. The molecule has 7 heteroatoms. The average Bonchev–Trinajstić information content (AvgIpc) is 3.31. The van der Waals surface area contributed by atoms with Crippen LogP contribution in [0.2, 0.25) is 0 Å². The maximum absolute atomic E-state index is 13.6. The number of dihydropyridines is 1. The van der Waals surface area contributed by atoms with Crippen LogP contribution < -0.4 is 10.7 Å². The third-order valence-corrected chi connectivity index (χ3v) is 8.55. The molecule has 2 aliphatic rings. The summed E-state index contributed by atoms with van der Waals surface area (Å²) in [6.45, 7) is 4.46. The fraction of sp³-hybridized carbons (Fsp3) is 0.344. The minimum absolute atomic E-state index is 0.102. The van der Waals surface area contributed by atoms with Crippen molar-refractivity contribution in [2.75, 3.05) is 13.2 Å². The number of allylic oxidation sites excluding steroid dienone is 1. The number of hydrogen-bond donors (Lipinski definition) is 1. The van der Waals surface area contributed by atoms with Gasteiger partial charge in [-0.05, 0) is 30.5 Å². The predicted octanol–water partition coefficient (Wildman–Crippen LogP) is 6.60. The van der Waals surface area contributed by atoms with E-state index >= 15 is 0 Å². The Labute approximate surface area is 232 Å². The topological polar surface area (TPSA) is 81.7 Å². The van der Waals surface area contributed by atoms with E-state index in [4.69, 9.17) is 9.47 Å². The van der Waals surface area contributed by atoms with Gasteiger partial charge in [0.1, 0.15) is 6.61 Å². The van der Waals surface area contributed by atoms with Crippen molar-refractivity contribution in [1.82, 2.24) is 5.32 Å². The molecule has 0 aliphatic carbocycles. The van der Waals surface area contributed by atoms with E-state index in [2.05, 4.69) is 12.2 Å². The lowest BCUT2D eigenvalue weighted by molar-refractivity contribution is -0.139. The molecule has 0 saturated heterocycles. The van der Waals surface area contributed by atoms with Gasteiger partial charge in [-0.3, -0.25) is 4.79 Å². The van der Waals surface area contributed by atoms with E-state index in [9.17, 15) is 14.4 Å². The predicted molar refractivity (Wildman–Crippen MR) is 154 cm³/mol. The molecule has 3 aromatic rings. The van der Waals surface area contributed by atoms with Gasteiger partial charge in [0.25, 0.3) is 0 Å². The van der Waals surface area contributed by atoms with Crippen molar-refractivity contribution in [2.24, 2.45) is 0 Å². The standard InChI is InChI=1S/C32H33NO5S/c1-3-4-5-6-7-11-17-37-31(35)27-20(2)33-24-19-38-32(36)29(24)28(27)23-16-12-15-22-25(34)18-26(39-30(22)23)21-13-9-8-10-14-21/h8-10,12-16,18,28,33H,3-7,11,17,19H2,1-2H3. The quantitative estimate of drug-likeness (QED) is 0.229. The summed E-state index contributed by atoms with van der Waals surface area (Å²) in [4.78, 5) is 40.6. The fourth-order valence-corrected chi connectivity index (χ4v) is 6.57. The second-order valence-electron chi connectivity index (χ2n) is 10.0. The number of hydrogen-bond acceptors (Lipinski definition) is 7. The van der Waals surface area contributed by atoms with E-state index < -0.39 is 17.9 Å². The van der Waals surface area contributed by atoms with Gasteiger partial charge in [-0.2, -0.15) is 0 Å². The van der Waals surface area contributed by atoms with Gasteiger partial charge in [-0.15, -0.1) is 11.3 Å². The molecule has 0 saturated carbocycles. The molecule has 2 aliphatic heterocycles. The average molecular weight is 544 g/mol. The van der Waals surface area contributed by atoms with Crippen LogP contribution >= 0.6 is 11.3 Å². The Balaban J connectivity index is 1.54. The van der Waals surface area contributed by atoms with Gasteiger partial charge in [-0.25, -0.2) is 9.59 Å². The van der Waals surface area contributed by atoms with Crippen molar-refractivity contribution in [1.29, 1.82) is 0 Å². The second kappa shape index (κ2) is 12.0. The molecule has 39 heavy (non-hydrogen) atoms. The zero-order valence-corrected chi connectivity index (χ0v) is 23.2. The summed E-state index contributed by atoms with van der Waals surface area (Å²) >= 11 is 1.49. The number of cyclic esters (lactones) is 1. The SMILES string of the molecule is CCCCCCCCOC(=O)C1=C(C)NC2=C(C(=O)OC2)C1c1cccc2c(=O)cc(-c3ccccc3)sc12. The molecular formula is C32H33NO5S. The molecule has 202 valence electrons. The smallest absolute Gasteiger partial charge is 0.337 e. The highest BCUT2D eigenvalue weighted by molar-refractivity contribution is 7.21. The normalized spacial score (nSPS) is 16.8. The number of fused-ring (bicyclic) bond motifs is 1. The number of unbranched alkanes of at least 4 members (excludes halogenated alkanes) is 5. The summed E-state index contributed by atoms with van der Waals surface area (Å²) in [5, 5.41) is 3.77. The van der Waals surface area contributed by atoms with Crippen LogP contribution in [0.3, 0.4) is 0 Å². The zero-order valence-electron chi connectivity index (χ0n) is 22.4. The van der Waals surface area contributed by atoms with Gasteiger partial charge in [0.15, 0.2) is 5.43 Å². The van der Waals surface area contributed by atoms with Gasteiger partial charge < -0.3 is 14.8 Å². The summed E-state index contributed by atoms with van der Waals surface area (Å²) in [6, 6.07) is 16.9. The number of esters is 2. The van der Waals surface area contributed by atoms with Crippen molar-refractivity contribution in [2.45, 2.75) is 58.3 Å². The second-order valence-corrected chi connectivity index (χ2v) is 11.1. The number of carbonyl (C=O) groups excluding carboxylic acids is 2. The highest BCUT2D eigenvalue weighted by Crippen LogP contribution is 2.45. The first kappa shape index (κ1) is 26.9. The third-order valence-electron chi connectivity index (χ3n) is 7.32. The number of rotatable bonds is 10. The number of ether oxygens (including phenoxy) is 2. The molecule has 0 amide bonds. The Morgan fingerprint density at radius 1 is 1.03 bits per heavy atom. The maximum Gasteiger partial charge on any atom is 0.337 e. The lowest BCUT2D eigenvalue weighted by atomic mass is 9.80. The Bertz CT molecular complexity index is 1520. The first-order chi connectivity index (χ1) is 19.0. The van der Waals surface area contributed by atoms with Crippen LogP contribution in [0.5, 0.6) is 0 Å².